The molecule has 0 saturated heterocycles. The summed E-state index contributed by atoms with van der Waals surface area (Å²) in [7, 11) is 1.65. The first kappa shape index (κ1) is 12.2. The van der Waals surface area contributed by atoms with Gasteiger partial charge in [-0.2, -0.15) is 4.98 Å². The summed E-state index contributed by atoms with van der Waals surface area (Å²) in [4.78, 5) is 14.3. The molecule has 1 atom stereocenters. The van der Waals surface area contributed by atoms with Crippen molar-refractivity contribution >= 4 is 11.5 Å². The summed E-state index contributed by atoms with van der Waals surface area (Å²) in [6, 6.07) is 2.69. The van der Waals surface area contributed by atoms with E-state index in [1.54, 1.807) is 7.05 Å². The number of hydrogen-bond acceptors (Lipinski definition) is 5. The lowest BCUT2D eigenvalue weighted by Crippen LogP contribution is -2.11. The average Bonchev–Trinajstić information content (AvgIpc) is 2.28. The predicted octanol–water partition coefficient (Wildman–Crippen LogP) is 2.21. The molecule has 6 nitrogen and oxygen atoms in total. The van der Waals surface area contributed by atoms with E-state index in [1.165, 1.54) is 12.1 Å². The maximum absolute atomic E-state index is 10.7. The van der Waals surface area contributed by atoms with Crippen molar-refractivity contribution in [2.75, 3.05) is 12.4 Å². The molecular weight excluding hydrogens is 210 g/mol. The van der Waals surface area contributed by atoms with Crippen molar-refractivity contribution in [2.45, 2.75) is 26.4 Å². The van der Waals surface area contributed by atoms with Gasteiger partial charge in [-0.15, -0.1) is 0 Å². The Bertz CT molecular complexity index is 382. The molecule has 0 aromatic carbocycles. The van der Waals surface area contributed by atoms with Crippen LogP contribution in [0.15, 0.2) is 12.1 Å². The third-order valence-electron chi connectivity index (χ3n) is 2.15. The topological polar surface area (TPSA) is 77.3 Å². The van der Waals surface area contributed by atoms with Crippen LogP contribution in [0.1, 0.15) is 20.3 Å². The molecule has 1 heterocycles. The molecule has 0 aliphatic heterocycles. The fraction of sp³-hybridized carbons (Fsp3) is 0.500. The molecule has 1 aromatic rings. The second kappa shape index (κ2) is 5.29. The van der Waals surface area contributed by atoms with Crippen LogP contribution in [0.5, 0.6) is 5.88 Å². The predicted molar refractivity (Wildman–Crippen MR) is 60.8 cm³/mol. The van der Waals surface area contributed by atoms with E-state index in [0.29, 0.717) is 5.82 Å². The Labute approximate surface area is 93.8 Å². The highest BCUT2D eigenvalue weighted by molar-refractivity contribution is 5.47. The van der Waals surface area contributed by atoms with E-state index in [4.69, 9.17) is 4.74 Å². The van der Waals surface area contributed by atoms with Crippen molar-refractivity contribution in [1.82, 2.24) is 4.98 Å². The average molecular weight is 225 g/mol. The zero-order chi connectivity index (χ0) is 12.1. The van der Waals surface area contributed by atoms with Crippen LogP contribution in [0.4, 0.5) is 11.5 Å². The SMILES string of the molecule is CCC(C)Oc1cc([N+](=O)[O-])cc(NC)n1. The Balaban J connectivity index is 2.99. The minimum absolute atomic E-state index is 0.0146. The molecule has 0 spiro atoms. The summed E-state index contributed by atoms with van der Waals surface area (Å²) in [6.07, 6.45) is 0.804. The van der Waals surface area contributed by atoms with E-state index in [1.807, 2.05) is 13.8 Å². The zero-order valence-corrected chi connectivity index (χ0v) is 9.56. The summed E-state index contributed by atoms with van der Waals surface area (Å²) >= 11 is 0. The molecular formula is C10H15N3O3. The number of rotatable bonds is 5. The Kier molecular flexibility index (Phi) is 4.04. The molecule has 0 amide bonds. The van der Waals surface area contributed by atoms with Gasteiger partial charge in [-0.05, 0) is 13.3 Å². The lowest BCUT2D eigenvalue weighted by Gasteiger charge is -2.12. The summed E-state index contributed by atoms with van der Waals surface area (Å²) in [5.74, 6) is 0.695. The summed E-state index contributed by atoms with van der Waals surface area (Å²) in [5, 5.41) is 13.4. The van der Waals surface area contributed by atoms with Crippen molar-refractivity contribution in [3.8, 4) is 5.88 Å². The number of aromatic nitrogens is 1. The molecule has 88 valence electrons. The Morgan fingerprint density at radius 3 is 2.81 bits per heavy atom. The number of hydrogen-bond donors (Lipinski definition) is 1. The van der Waals surface area contributed by atoms with Crippen molar-refractivity contribution in [3.63, 3.8) is 0 Å². The van der Waals surface area contributed by atoms with Gasteiger partial charge in [0.25, 0.3) is 5.69 Å². The van der Waals surface area contributed by atoms with Crippen molar-refractivity contribution in [1.29, 1.82) is 0 Å². The van der Waals surface area contributed by atoms with Crippen LogP contribution in [-0.2, 0) is 0 Å². The summed E-state index contributed by atoms with van der Waals surface area (Å²) in [5.41, 5.74) is -0.0300. The number of nitro groups is 1. The number of nitrogens with zero attached hydrogens (tertiary/aromatic N) is 2. The first-order valence-corrected chi connectivity index (χ1v) is 5.07. The zero-order valence-electron chi connectivity index (χ0n) is 9.56. The molecule has 0 aliphatic rings. The van der Waals surface area contributed by atoms with Gasteiger partial charge in [0.1, 0.15) is 5.82 Å². The number of pyridine rings is 1. The van der Waals surface area contributed by atoms with E-state index >= 15 is 0 Å². The van der Waals surface area contributed by atoms with Gasteiger partial charge in [-0.3, -0.25) is 10.1 Å². The fourth-order valence-corrected chi connectivity index (χ4v) is 1.07. The molecule has 16 heavy (non-hydrogen) atoms. The second-order valence-corrected chi connectivity index (χ2v) is 3.39. The van der Waals surface area contributed by atoms with Crippen LogP contribution < -0.4 is 10.1 Å². The lowest BCUT2D eigenvalue weighted by molar-refractivity contribution is -0.384. The van der Waals surface area contributed by atoms with E-state index in [-0.39, 0.29) is 17.7 Å². The first-order chi connectivity index (χ1) is 7.56. The van der Waals surface area contributed by atoms with Gasteiger partial charge in [0, 0.05) is 7.05 Å². The molecule has 1 unspecified atom stereocenters. The minimum atomic E-state index is -0.466. The van der Waals surface area contributed by atoms with Gasteiger partial charge in [0.2, 0.25) is 5.88 Å². The largest absolute Gasteiger partial charge is 0.474 e. The lowest BCUT2D eigenvalue weighted by atomic mass is 10.3. The third kappa shape index (κ3) is 3.08. The normalized spacial score (nSPS) is 11.9. The van der Waals surface area contributed by atoms with Crippen LogP contribution in [0.25, 0.3) is 0 Å². The molecule has 0 aliphatic carbocycles. The van der Waals surface area contributed by atoms with Gasteiger partial charge in [-0.1, -0.05) is 6.92 Å². The van der Waals surface area contributed by atoms with Crippen LogP contribution in [0.2, 0.25) is 0 Å². The van der Waals surface area contributed by atoms with Crippen molar-refractivity contribution < 1.29 is 9.66 Å². The summed E-state index contributed by atoms with van der Waals surface area (Å²) in [6.45, 7) is 3.86. The highest BCUT2D eigenvalue weighted by atomic mass is 16.6. The number of anilines is 1. The molecule has 1 aromatic heterocycles. The standard InChI is InChI=1S/C10H15N3O3/c1-4-7(2)16-10-6-8(13(14)15)5-9(11-3)12-10/h5-7H,4H2,1-3H3,(H,11,12). The monoisotopic (exact) mass is 225 g/mol. The van der Waals surface area contributed by atoms with Gasteiger partial charge >= 0.3 is 0 Å². The molecule has 0 saturated carbocycles. The minimum Gasteiger partial charge on any atom is -0.474 e. The quantitative estimate of drug-likeness (QED) is 0.614. The van der Waals surface area contributed by atoms with Crippen molar-refractivity contribution in [2.24, 2.45) is 0 Å². The number of ether oxygens (including phenoxy) is 1. The van der Waals surface area contributed by atoms with E-state index < -0.39 is 4.92 Å². The van der Waals surface area contributed by atoms with Crippen molar-refractivity contribution in [3.05, 3.63) is 22.2 Å². The van der Waals surface area contributed by atoms with Crippen LogP contribution in [0, 0.1) is 10.1 Å². The first-order valence-electron chi connectivity index (χ1n) is 5.07. The maximum Gasteiger partial charge on any atom is 0.278 e. The van der Waals surface area contributed by atoms with Gasteiger partial charge < -0.3 is 10.1 Å². The molecule has 0 fully saturated rings. The highest BCUT2D eigenvalue weighted by Gasteiger charge is 2.12. The van der Waals surface area contributed by atoms with Gasteiger partial charge in [0.15, 0.2) is 0 Å². The Morgan fingerprint density at radius 2 is 2.31 bits per heavy atom. The maximum atomic E-state index is 10.7. The van der Waals surface area contributed by atoms with Crippen LogP contribution in [0.3, 0.4) is 0 Å². The highest BCUT2D eigenvalue weighted by Crippen LogP contribution is 2.22. The Hall–Kier alpha value is -1.85. The smallest absolute Gasteiger partial charge is 0.278 e. The third-order valence-corrected chi connectivity index (χ3v) is 2.15. The van der Waals surface area contributed by atoms with E-state index in [9.17, 15) is 10.1 Å². The molecule has 6 heteroatoms. The fourth-order valence-electron chi connectivity index (χ4n) is 1.07. The van der Waals surface area contributed by atoms with Crippen LogP contribution in [-0.4, -0.2) is 23.1 Å². The Morgan fingerprint density at radius 1 is 1.62 bits per heavy atom. The number of nitrogens with one attached hydrogen (secondary N) is 1. The molecule has 1 N–H and O–H groups in total. The molecule has 0 bridgehead atoms. The molecule has 0 radical (unpaired) electrons. The van der Waals surface area contributed by atoms with Gasteiger partial charge in [-0.25, -0.2) is 0 Å². The summed E-state index contributed by atoms with van der Waals surface area (Å²) < 4.78 is 5.44. The van der Waals surface area contributed by atoms with Gasteiger partial charge in [0.05, 0.1) is 23.2 Å². The molecule has 1 rings (SSSR count). The van der Waals surface area contributed by atoms with Crippen LogP contribution >= 0.6 is 0 Å². The second-order valence-electron chi connectivity index (χ2n) is 3.39. The van der Waals surface area contributed by atoms with E-state index in [2.05, 4.69) is 10.3 Å². The van der Waals surface area contributed by atoms with E-state index in [0.717, 1.165) is 6.42 Å².